The standard InChI is InChI=1S/C17H19N3O2S/c1-11-4-5-15(22-3)14(8-11)12(2)18-16(21)9-13-10-20-6-7-23-17(20)19-13/h4-8,10,12H,9H2,1-3H3,(H,18,21). The van der Waals surface area contributed by atoms with Crippen LogP contribution in [-0.2, 0) is 11.2 Å². The Morgan fingerprint density at radius 3 is 3.04 bits per heavy atom. The van der Waals surface area contributed by atoms with Gasteiger partial charge in [-0.2, -0.15) is 0 Å². The van der Waals surface area contributed by atoms with Gasteiger partial charge in [0.1, 0.15) is 5.75 Å². The Hall–Kier alpha value is -2.34. The fourth-order valence-corrected chi connectivity index (χ4v) is 3.31. The van der Waals surface area contributed by atoms with Crippen molar-refractivity contribution in [2.24, 2.45) is 0 Å². The largest absolute Gasteiger partial charge is 0.496 e. The van der Waals surface area contributed by atoms with Crippen molar-refractivity contribution in [3.05, 3.63) is 52.8 Å². The second-order valence-corrected chi connectivity index (χ2v) is 6.41. The first kappa shape index (κ1) is 15.6. The van der Waals surface area contributed by atoms with Crippen molar-refractivity contribution in [2.75, 3.05) is 7.11 Å². The number of hydrogen-bond donors (Lipinski definition) is 1. The van der Waals surface area contributed by atoms with Crippen molar-refractivity contribution in [3.63, 3.8) is 0 Å². The van der Waals surface area contributed by atoms with E-state index in [-0.39, 0.29) is 18.4 Å². The van der Waals surface area contributed by atoms with E-state index in [1.807, 2.05) is 54.2 Å². The fourth-order valence-electron chi connectivity index (χ4n) is 2.59. The van der Waals surface area contributed by atoms with Crippen LogP contribution in [0.1, 0.15) is 29.8 Å². The molecule has 1 aromatic carbocycles. The summed E-state index contributed by atoms with van der Waals surface area (Å²) in [6.45, 7) is 3.98. The number of carbonyl (C=O) groups is 1. The van der Waals surface area contributed by atoms with E-state index < -0.39 is 0 Å². The van der Waals surface area contributed by atoms with Gasteiger partial charge in [0.05, 0.1) is 25.3 Å². The highest BCUT2D eigenvalue weighted by atomic mass is 32.1. The molecule has 0 aliphatic heterocycles. The molecule has 0 saturated heterocycles. The highest BCUT2D eigenvalue weighted by Crippen LogP contribution is 2.26. The second kappa shape index (κ2) is 6.42. The molecule has 0 radical (unpaired) electrons. The Balaban J connectivity index is 1.69. The molecule has 0 spiro atoms. The molecule has 2 aromatic heterocycles. The summed E-state index contributed by atoms with van der Waals surface area (Å²) in [6, 6.07) is 5.84. The Bertz CT molecular complexity index is 809. The predicted octanol–water partition coefficient (Wildman–Crippen LogP) is 3.13. The van der Waals surface area contributed by atoms with Crippen LogP contribution in [-0.4, -0.2) is 22.4 Å². The van der Waals surface area contributed by atoms with Crippen LogP contribution in [0.2, 0.25) is 0 Å². The lowest BCUT2D eigenvalue weighted by Gasteiger charge is -2.17. The number of benzene rings is 1. The number of aryl methyl sites for hydroxylation is 1. The molecule has 3 rings (SSSR count). The van der Waals surface area contributed by atoms with Crippen LogP contribution in [0.15, 0.2) is 36.0 Å². The summed E-state index contributed by atoms with van der Waals surface area (Å²) in [5, 5.41) is 4.99. The van der Waals surface area contributed by atoms with E-state index in [4.69, 9.17) is 4.74 Å². The number of nitrogens with one attached hydrogen (secondary N) is 1. The minimum absolute atomic E-state index is 0.0492. The third-order valence-electron chi connectivity index (χ3n) is 3.71. The summed E-state index contributed by atoms with van der Waals surface area (Å²) in [6.07, 6.45) is 4.10. The topological polar surface area (TPSA) is 55.6 Å². The van der Waals surface area contributed by atoms with Gasteiger partial charge in [-0.25, -0.2) is 4.98 Å². The van der Waals surface area contributed by atoms with Crippen LogP contribution < -0.4 is 10.1 Å². The van der Waals surface area contributed by atoms with Crippen LogP contribution in [0.5, 0.6) is 5.75 Å². The van der Waals surface area contributed by atoms with Crippen LogP contribution in [0.4, 0.5) is 0 Å². The number of thiazole rings is 1. The summed E-state index contributed by atoms with van der Waals surface area (Å²) in [4.78, 5) is 17.6. The molecule has 0 fully saturated rings. The molecular formula is C17H19N3O2S. The molecule has 120 valence electrons. The number of imidazole rings is 1. The zero-order valence-electron chi connectivity index (χ0n) is 13.4. The number of aromatic nitrogens is 2. The first-order valence-electron chi connectivity index (χ1n) is 7.42. The molecule has 6 heteroatoms. The van der Waals surface area contributed by atoms with Gasteiger partial charge in [0.2, 0.25) is 5.91 Å². The molecule has 3 aromatic rings. The SMILES string of the molecule is COc1ccc(C)cc1C(C)NC(=O)Cc1cn2ccsc2n1. The first-order chi connectivity index (χ1) is 11.1. The molecule has 1 amide bonds. The van der Waals surface area contributed by atoms with E-state index in [9.17, 15) is 4.79 Å². The molecule has 0 bridgehead atoms. The fraction of sp³-hybridized carbons (Fsp3) is 0.294. The zero-order chi connectivity index (χ0) is 16.4. The molecular weight excluding hydrogens is 310 g/mol. The summed E-state index contributed by atoms with van der Waals surface area (Å²) in [7, 11) is 1.64. The third kappa shape index (κ3) is 3.37. The molecule has 2 heterocycles. The maximum absolute atomic E-state index is 12.3. The van der Waals surface area contributed by atoms with E-state index in [2.05, 4.69) is 10.3 Å². The minimum Gasteiger partial charge on any atom is -0.496 e. The molecule has 5 nitrogen and oxygen atoms in total. The van der Waals surface area contributed by atoms with E-state index in [1.165, 1.54) is 0 Å². The lowest BCUT2D eigenvalue weighted by atomic mass is 10.0. The molecule has 1 atom stereocenters. The lowest BCUT2D eigenvalue weighted by molar-refractivity contribution is -0.121. The van der Waals surface area contributed by atoms with Crippen LogP contribution in [0, 0.1) is 6.92 Å². The van der Waals surface area contributed by atoms with Gasteiger partial charge < -0.3 is 10.1 Å². The number of ether oxygens (including phenoxy) is 1. The van der Waals surface area contributed by atoms with Crippen LogP contribution in [0.3, 0.4) is 0 Å². The molecule has 0 saturated carbocycles. The molecule has 0 aliphatic rings. The average Bonchev–Trinajstić information content (AvgIpc) is 3.08. The highest BCUT2D eigenvalue weighted by molar-refractivity contribution is 7.15. The van der Waals surface area contributed by atoms with Crippen molar-refractivity contribution in [3.8, 4) is 5.75 Å². The van der Waals surface area contributed by atoms with Crippen molar-refractivity contribution < 1.29 is 9.53 Å². The third-order valence-corrected chi connectivity index (χ3v) is 4.48. The lowest BCUT2D eigenvalue weighted by Crippen LogP contribution is -2.28. The van der Waals surface area contributed by atoms with E-state index in [0.717, 1.165) is 27.5 Å². The number of hydrogen-bond acceptors (Lipinski definition) is 4. The average molecular weight is 329 g/mol. The molecule has 1 unspecified atom stereocenters. The Labute approximate surface area is 138 Å². The minimum atomic E-state index is -0.124. The molecule has 1 N–H and O–H groups in total. The smallest absolute Gasteiger partial charge is 0.226 e. The number of methoxy groups -OCH3 is 1. The van der Waals surface area contributed by atoms with Crippen molar-refractivity contribution >= 4 is 22.2 Å². The van der Waals surface area contributed by atoms with Crippen molar-refractivity contribution in [2.45, 2.75) is 26.3 Å². The van der Waals surface area contributed by atoms with Crippen LogP contribution in [0.25, 0.3) is 4.96 Å². The number of nitrogens with zero attached hydrogens (tertiary/aromatic N) is 2. The maximum atomic E-state index is 12.3. The van der Waals surface area contributed by atoms with E-state index in [1.54, 1.807) is 18.4 Å². The van der Waals surface area contributed by atoms with Crippen LogP contribution >= 0.6 is 11.3 Å². The Morgan fingerprint density at radius 2 is 2.30 bits per heavy atom. The number of carbonyl (C=O) groups excluding carboxylic acids is 1. The number of fused-ring (bicyclic) bond motifs is 1. The highest BCUT2D eigenvalue weighted by Gasteiger charge is 2.15. The predicted molar refractivity (Wildman–Crippen MR) is 91.1 cm³/mol. The second-order valence-electron chi connectivity index (χ2n) is 5.54. The summed E-state index contributed by atoms with van der Waals surface area (Å²) in [5.74, 6) is 0.734. The maximum Gasteiger partial charge on any atom is 0.226 e. The van der Waals surface area contributed by atoms with Gasteiger partial charge in [0, 0.05) is 23.3 Å². The van der Waals surface area contributed by atoms with Gasteiger partial charge in [-0.1, -0.05) is 17.7 Å². The van der Waals surface area contributed by atoms with Gasteiger partial charge >= 0.3 is 0 Å². The van der Waals surface area contributed by atoms with Gasteiger partial charge in [-0.05, 0) is 19.9 Å². The van der Waals surface area contributed by atoms with Gasteiger partial charge in [-0.15, -0.1) is 11.3 Å². The summed E-state index contributed by atoms with van der Waals surface area (Å²) < 4.78 is 7.32. The Kier molecular flexibility index (Phi) is 4.34. The normalized spacial score (nSPS) is 12.3. The molecule has 0 aliphatic carbocycles. The number of amides is 1. The Morgan fingerprint density at radius 1 is 1.48 bits per heavy atom. The summed E-state index contributed by atoms with van der Waals surface area (Å²) in [5.41, 5.74) is 2.89. The van der Waals surface area contributed by atoms with E-state index >= 15 is 0 Å². The number of rotatable bonds is 5. The van der Waals surface area contributed by atoms with Crippen molar-refractivity contribution in [1.82, 2.24) is 14.7 Å². The van der Waals surface area contributed by atoms with Gasteiger partial charge in [0.15, 0.2) is 4.96 Å². The summed E-state index contributed by atoms with van der Waals surface area (Å²) >= 11 is 1.56. The zero-order valence-corrected chi connectivity index (χ0v) is 14.2. The monoisotopic (exact) mass is 329 g/mol. The molecule has 23 heavy (non-hydrogen) atoms. The van der Waals surface area contributed by atoms with Crippen molar-refractivity contribution in [1.29, 1.82) is 0 Å². The van der Waals surface area contributed by atoms with Gasteiger partial charge in [0.25, 0.3) is 0 Å². The quantitative estimate of drug-likeness (QED) is 0.782. The van der Waals surface area contributed by atoms with E-state index in [0.29, 0.717) is 0 Å². The first-order valence-corrected chi connectivity index (χ1v) is 8.30. The van der Waals surface area contributed by atoms with Gasteiger partial charge in [-0.3, -0.25) is 9.20 Å².